The smallest absolute Gasteiger partial charge is 0.397 e. The van der Waals surface area contributed by atoms with E-state index in [1.807, 2.05) is 6.92 Å². The van der Waals surface area contributed by atoms with Crippen LogP contribution in [-0.4, -0.2) is 16.7 Å². The lowest BCUT2D eigenvalue weighted by atomic mass is 10.3. The summed E-state index contributed by atoms with van der Waals surface area (Å²) >= 11 is 0. The van der Waals surface area contributed by atoms with E-state index in [4.69, 9.17) is 10.2 Å². The lowest BCUT2D eigenvalue weighted by Crippen LogP contribution is -2.23. The van der Waals surface area contributed by atoms with Crippen LogP contribution in [-0.2, 0) is 4.79 Å². The maximum absolute atomic E-state index is 11.1. The molecule has 3 N–H and O–H groups in total. The number of furan rings is 1. The van der Waals surface area contributed by atoms with Gasteiger partial charge in [-0.1, -0.05) is 6.92 Å². The van der Waals surface area contributed by atoms with Gasteiger partial charge in [-0.2, -0.15) is 5.10 Å². The van der Waals surface area contributed by atoms with Crippen molar-refractivity contribution in [2.45, 2.75) is 19.8 Å². The summed E-state index contributed by atoms with van der Waals surface area (Å²) in [7, 11) is 0. The van der Waals surface area contributed by atoms with Crippen LogP contribution < -0.4 is 11.2 Å². The molecule has 0 atom stereocenters. The van der Waals surface area contributed by atoms with Crippen molar-refractivity contribution in [3.63, 3.8) is 0 Å². The third-order valence-corrected chi connectivity index (χ3v) is 1.80. The van der Waals surface area contributed by atoms with Crippen molar-refractivity contribution in [1.82, 2.24) is 5.43 Å². The number of hydrazone groups is 1. The second-order valence-corrected chi connectivity index (χ2v) is 3.18. The Morgan fingerprint density at radius 3 is 2.88 bits per heavy atom. The van der Waals surface area contributed by atoms with Crippen molar-refractivity contribution in [1.29, 1.82) is 0 Å². The Morgan fingerprint density at radius 1 is 1.65 bits per heavy atom. The van der Waals surface area contributed by atoms with Crippen LogP contribution in [0.2, 0.25) is 0 Å². The SMILES string of the molecule is CCCC(=O)NN=C(N)c1ccc([N+](=O)[O-])o1. The highest BCUT2D eigenvalue weighted by atomic mass is 16.6. The second-order valence-electron chi connectivity index (χ2n) is 3.18. The summed E-state index contributed by atoms with van der Waals surface area (Å²) in [6.45, 7) is 1.85. The normalized spacial score (nSPS) is 11.2. The molecule has 0 radical (unpaired) electrons. The number of hydrogen-bond acceptors (Lipinski definition) is 5. The van der Waals surface area contributed by atoms with Crippen molar-refractivity contribution in [2.75, 3.05) is 0 Å². The Morgan fingerprint density at radius 2 is 2.35 bits per heavy atom. The fourth-order valence-corrected chi connectivity index (χ4v) is 1.02. The third kappa shape index (κ3) is 3.59. The van der Waals surface area contributed by atoms with Crippen LogP contribution in [0.5, 0.6) is 0 Å². The monoisotopic (exact) mass is 240 g/mol. The Balaban J connectivity index is 2.68. The molecule has 0 saturated heterocycles. The minimum atomic E-state index is -0.688. The zero-order chi connectivity index (χ0) is 12.8. The predicted molar refractivity (Wildman–Crippen MR) is 59.1 cm³/mol. The zero-order valence-corrected chi connectivity index (χ0v) is 9.17. The first-order chi connectivity index (χ1) is 8.04. The molecule has 0 aromatic carbocycles. The molecule has 0 aliphatic heterocycles. The minimum Gasteiger partial charge on any atom is -0.397 e. The molecular formula is C9H12N4O4. The average Bonchev–Trinajstić information content (AvgIpc) is 2.75. The van der Waals surface area contributed by atoms with Crippen molar-refractivity contribution in [2.24, 2.45) is 10.8 Å². The number of carbonyl (C=O) groups excluding carboxylic acids is 1. The number of nitrogens with zero attached hydrogens (tertiary/aromatic N) is 2. The molecule has 0 unspecified atom stereocenters. The van der Waals surface area contributed by atoms with Gasteiger partial charge < -0.3 is 10.2 Å². The molecule has 0 bridgehead atoms. The minimum absolute atomic E-state index is 0.0356. The molecule has 0 fully saturated rings. The van der Waals surface area contributed by atoms with E-state index in [0.29, 0.717) is 12.8 Å². The Hall–Kier alpha value is -2.38. The molecule has 1 aromatic rings. The maximum Gasteiger partial charge on any atom is 0.433 e. The Bertz CT molecular complexity index is 452. The molecule has 92 valence electrons. The number of rotatable bonds is 5. The zero-order valence-electron chi connectivity index (χ0n) is 9.17. The fraction of sp³-hybridized carbons (Fsp3) is 0.333. The van der Waals surface area contributed by atoms with Gasteiger partial charge in [-0.05, 0) is 12.5 Å². The molecule has 0 aliphatic carbocycles. The summed E-state index contributed by atoms with van der Waals surface area (Å²) < 4.78 is 4.79. The highest BCUT2D eigenvalue weighted by Gasteiger charge is 2.14. The second kappa shape index (κ2) is 5.64. The predicted octanol–water partition coefficient (Wildman–Crippen LogP) is 0.724. The van der Waals surface area contributed by atoms with E-state index < -0.39 is 10.8 Å². The summed E-state index contributed by atoms with van der Waals surface area (Å²) in [4.78, 5) is 20.7. The number of hydrogen-bond donors (Lipinski definition) is 2. The van der Waals surface area contributed by atoms with E-state index in [1.54, 1.807) is 0 Å². The van der Waals surface area contributed by atoms with Gasteiger partial charge in [-0.3, -0.25) is 14.9 Å². The topological polar surface area (TPSA) is 124 Å². The molecule has 0 aliphatic rings. The molecule has 17 heavy (non-hydrogen) atoms. The highest BCUT2D eigenvalue weighted by molar-refractivity contribution is 5.95. The van der Waals surface area contributed by atoms with Crippen molar-refractivity contribution >= 4 is 17.6 Å². The van der Waals surface area contributed by atoms with E-state index in [1.165, 1.54) is 6.07 Å². The molecule has 1 heterocycles. The van der Waals surface area contributed by atoms with Crippen LogP contribution in [0.15, 0.2) is 21.7 Å². The van der Waals surface area contributed by atoms with Gasteiger partial charge in [0.15, 0.2) is 11.6 Å². The highest BCUT2D eigenvalue weighted by Crippen LogP contribution is 2.14. The first kappa shape index (κ1) is 12.7. The van der Waals surface area contributed by atoms with Crippen molar-refractivity contribution in [3.05, 3.63) is 28.0 Å². The van der Waals surface area contributed by atoms with Crippen molar-refractivity contribution < 1.29 is 14.1 Å². The summed E-state index contributed by atoms with van der Waals surface area (Å²) in [5, 5.41) is 13.9. The van der Waals surface area contributed by atoms with E-state index in [2.05, 4.69) is 10.5 Å². The third-order valence-electron chi connectivity index (χ3n) is 1.80. The lowest BCUT2D eigenvalue weighted by molar-refractivity contribution is -0.402. The van der Waals surface area contributed by atoms with Gasteiger partial charge in [0.2, 0.25) is 5.91 Å². The molecular weight excluding hydrogens is 228 g/mol. The number of nitrogens with one attached hydrogen (secondary N) is 1. The molecule has 1 amide bonds. The van der Waals surface area contributed by atoms with Gasteiger partial charge in [-0.15, -0.1) is 0 Å². The lowest BCUT2D eigenvalue weighted by Gasteiger charge is -1.98. The quantitative estimate of drug-likeness (QED) is 0.339. The van der Waals surface area contributed by atoms with E-state index in [-0.39, 0.29) is 17.5 Å². The standard InChI is InChI=1S/C9H12N4O4/c1-2-3-7(14)11-12-9(10)6-4-5-8(17-6)13(15)16/h4-5H,2-3H2,1H3,(H2,10,12)(H,11,14). The molecule has 8 nitrogen and oxygen atoms in total. The van der Waals surface area contributed by atoms with E-state index in [9.17, 15) is 14.9 Å². The largest absolute Gasteiger partial charge is 0.433 e. The number of nitro groups is 1. The van der Waals surface area contributed by atoms with Crippen molar-refractivity contribution in [3.8, 4) is 0 Å². The summed E-state index contributed by atoms with van der Waals surface area (Å²) in [6.07, 6.45) is 1.02. The molecule has 1 rings (SSSR count). The van der Waals surface area contributed by atoms with Gasteiger partial charge in [0.1, 0.15) is 4.92 Å². The maximum atomic E-state index is 11.1. The molecule has 8 heteroatoms. The molecule has 0 saturated carbocycles. The van der Waals surface area contributed by atoms with Gasteiger partial charge in [0.05, 0.1) is 6.07 Å². The van der Waals surface area contributed by atoms with E-state index >= 15 is 0 Å². The van der Waals surface area contributed by atoms with Crippen LogP contribution in [0.25, 0.3) is 0 Å². The molecule has 0 spiro atoms. The first-order valence-corrected chi connectivity index (χ1v) is 4.91. The van der Waals surface area contributed by atoms with Crippen LogP contribution in [0.3, 0.4) is 0 Å². The van der Waals surface area contributed by atoms with Gasteiger partial charge in [0, 0.05) is 6.42 Å². The van der Waals surface area contributed by atoms with Gasteiger partial charge in [-0.25, -0.2) is 5.43 Å². The first-order valence-electron chi connectivity index (χ1n) is 4.91. The number of amides is 1. The Kier molecular flexibility index (Phi) is 4.21. The van der Waals surface area contributed by atoms with Crippen LogP contribution >= 0.6 is 0 Å². The number of amidine groups is 1. The number of carbonyl (C=O) groups is 1. The fourth-order valence-electron chi connectivity index (χ4n) is 1.02. The summed E-state index contributed by atoms with van der Waals surface area (Å²) in [6, 6.07) is 2.47. The van der Waals surface area contributed by atoms with Crippen LogP contribution in [0.4, 0.5) is 5.88 Å². The van der Waals surface area contributed by atoms with E-state index in [0.717, 1.165) is 6.07 Å². The summed E-state index contributed by atoms with van der Waals surface area (Å²) in [5.74, 6) is -0.800. The van der Waals surface area contributed by atoms with Gasteiger partial charge in [0.25, 0.3) is 0 Å². The average molecular weight is 240 g/mol. The van der Waals surface area contributed by atoms with Gasteiger partial charge >= 0.3 is 5.88 Å². The number of nitrogens with two attached hydrogens (primary N) is 1. The molecule has 1 aromatic heterocycles. The summed E-state index contributed by atoms with van der Waals surface area (Å²) in [5.41, 5.74) is 7.69. The van der Waals surface area contributed by atoms with Crippen LogP contribution in [0, 0.1) is 10.1 Å². The Labute approximate surface area is 96.6 Å². The van der Waals surface area contributed by atoms with Crippen LogP contribution in [0.1, 0.15) is 25.5 Å².